The Balaban J connectivity index is 0.00000529. The van der Waals surface area contributed by atoms with Gasteiger partial charge in [0.1, 0.15) is 0 Å². The molecule has 0 bridgehead atoms. The number of rotatable bonds is 13. The van der Waals surface area contributed by atoms with E-state index in [4.69, 9.17) is 9.47 Å². The first-order valence-electron chi connectivity index (χ1n) is 13.3. The molecule has 0 spiro atoms. The Morgan fingerprint density at radius 1 is 0.912 bits per heavy atom. The van der Waals surface area contributed by atoms with Crippen LogP contribution >= 0.6 is 0 Å². The number of ether oxygens (including phenoxy) is 2. The van der Waals surface area contributed by atoms with E-state index >= 15 is 0 Å². The van der Waals surface area contributed by atoms with Gasteiger partial charge < -0.3 is 0 Å². The van der Waals surface area contributed by atoms with Crippen LogP contribution in [-0.4, -0.2) is 49.2 Å². The van der Waals surface area contributed by atoms with Crippen LogP contribution in [0.1, 0.15) is 93.1 Å². The summed E-state index contributed by atoms with van der Waals surface area (Å²) in [4.78, 5) is 24.5. The van der Waals surface area contributed by atoms with Crippen molar-refractivity contribution in [3.05, 3.63) is 29.8 Å². The van der Waals surface area contributed by atoms with Crippen LogP contribution in [0.15, 0.2) is 24.3 Å². The van der Waals surface area contributed by atoms with Gasteiger partial charge in [0.05, 0.1) is 0 Å². The summed E-state index contributed by atoms with van der Waals surface area (Å²) in [5.41, 5.74) is 0.391. The fraction of sp³-hybridized carbons (Fsp3) is 0.714. The normalized spacial score (nSPS) is 12.3. The van der Waals surface area contributed by atoms with Crippen molar-refractivity contribution in [1.29, 1.82) is 0 Å². The number of benzene rings is 1. The number of carbonyl (C=O) groups is 2. The number of hydrogen-bond acceptors (Lipinski definition) is 4. The van der Waals surface area contributed by atoms with Crippen LogP contribution in [0, 0.1) is 0 Å². The summed E-state index contributed by atoms with van der Waals surface area (Å²) in [6, 6.07) is 8.13. The van der Waals surface area contributed by atoms with E-state index in [0.29, 0.717) is 6.42 Å². The van der Waals surface area contributed by atoms with E-state index in [-0.39, 0.29) is 0 Å². The predicted molar refractivity (Wildman–Crippen MR) is 147 cm³/mol. The average molecular weight is 584 g/mol. The van der Waals surface area contributed by atoms with Gasteiger partial charge in [-0.05, 0) is 0 Å². The standard InChI is InChI=1S/C15H20NO4.2C4H9.C3H7.C2H6.Sn/c1-15(2,3)20-14(18)16-12(13(17)19-4)10-11-8-6-5-7-9-11;2*1-3-4-2;1-3-2;1-2;/h6-9,12H,10H2,1-4H3,(H,16,18);2*1,3-4H2,2H3;1,3H2,2H3;1-2H3;. The van der Waals surface area contributed by atoms with Crippen LogP contribution in [0.5, 0.6) is 0 Å². The van der Waals surface area contributed by atoms with Crippen molar-refractivity contribution in [3.63, 3.8) is 0 Å². The Bertz CT molecular complexity index is 689. The van der Waals surface area contributed by atoms with E-state index in [2.05, 4.69) is 50.4 Å². The van der Waals surface area contributed by atoms with Crippen molar-refractivity contribution in [2.45, 2.75) is 119 Å². The third-order valence-corrected chi connectivity index (χ3v) is 22.0. The molecule has 1 N–H and O–H groups in total. The molecule has 0 aliphatic rings. The number of amides is 1. The van der Waals surface area contributed by atoms with Crippen molar-refractivity contribution < 1.29 is 19.1 Å². The zero-order valence-electron chi connectivity index (χ0n) is 23.4. The second-order valence-corrected chi connectivity index (χ2v) is 23.1. The molecule has 0 radical (unpaired) electrons. The van der Waals surface area contributed by atoms with E-state index in [9.17, 15) is 9.59 Å². The number of carbonyl (C=O) groups excluding carboxylic acids is 2. The molecule has 1 rings (SSSR count). The second-order valence-electron chi connectivity index (χ2n) is 9.86. The van der Waals surface area contributed by atoms with Crippen molar-refractivity contribution in [1.82, 2.24) is 5.32 Å². The molecule has 0 heterocycles. The first kappa shape index (κ1) is 32.8. The number of esters is 1. The number of methoxy groups -OCH3 is 1. The van der Waals surface area contributed by atoms with Crippen molar-refractivity contribution in [3.8, 4) is 0 Å². The second kappa shape index (κ2) is 17.2. The van der Waals surface area contributed by atoms with Gasteiger partial charge in [0, 0.05) is 0 Å². The molecule has 0 aliphatic heterocycles. The van der Waals surface area contributed by atoms with Gasteiger partial charge in [0.25, 0.3) is 0 Å². The molecule has 6 heteroatoms. The van der Waals surface area contributed by atoms with Crippen LogP contribution < -0.4 is 8.90 Å². The van der Waals surface area contributed by atoms with Crippen LogP contribution in [-0.2, 0) is 20.7 Å². The van der Waals surface area contributed by atoms with Crippen molar-refractivity contribution in [2.75, 3.05) is 7.11 Å². The van der Waals surface area contributed by atoms with Gasteiger partial charge >= 0.3 is 200 Å². The molecule has 1 aromatic carbocycles. The maximum atomic E-state index is 12.3. The van der Waals surface area contributed by atoms with Crippen LogP contribution in [0.4, 0.5) is 4.79 Å². The summed E-state index contributed by atoms with van der Waals surface area (Å²) in [7, 11) is 1.34. The summed E-state index contributed by atoms with van der Waals surface area (Å²) in [6.45, 7) is 16.3. The van der Waals surface area contributed by atoms with Gasteiger partial charge in [-0.25, -0.2) is 0 Å². The molecule has 0 fully saturated rings. The number of alkyl carbamates (subject to hydrolysis) is 1. The molecule has 1 aromatic rings. The van der Waals surface area contributed by atoms with E-state index < -0.39 is 42.1 Å². The summed E-state index contributed by atoms with van der Waals surface area (Å²) < 4.78 is 16.1. The first-order chi connectivity index (χ1) is 16.1. The third kappa shape index (κ3) is 11.9. The number of nitrogens with one attached hydrogen (secondary N) is 1. The fourth-order valence-electron chi connectivity index (χ4n) is 4.33. The summed E-state index contributed by atoms with van der Waals surface area (Å²) in [5, 5.41) is 2.67. The molecular weight excluding hydrogens is 533 g/mol. The molecule has 0 saturated heterocycles. The first-order valence-corrected chi connectivity index (χ1v) is 20.8. The molecule has 0 aromatic heterocycles. The fourth-order valence-corrected chi connectivity index (χ4v) is 20.1. The van der Waals surface area contributed by atoms with Gasteiger partial charge in [-0.15, -0.1) is 0 Å². The molecular formula is C28H51NO4Sn. The van der Waals surface area contributed by atoms with Crippen molar-refractivity contribution >= 4 is 34.0 Å². The minimum absolute atomic E-state index is 0.381. The molecule has 1 unspecified atom stereocenters. The Kier molecular flexibility index (Phi) is 16.6. The van der Waals surface area contributed by atoms with Gasteiger partial charge in [-0.3, -0.25) is 0 Å². The van der Waals surface area contributed by atoms with Crippen LogP contribution in [0.3, 0.4) is 0 Å². The summed E-state index contributed by atoms with van der Waals surface area (Å²) >= 11 is -2.44. The quantitative estimate of drug-likeness (QED) is 0.201. The Hall–Kier alpha value is -1.24. The molecule has 0 aliphatic carbocycles. The van der Waals surface area contributed by atoms with E-state index in [1.807, 2.05) is 13.8 Å². The minimum atomic E-state index is -2.44. The number of hydrogen-bond donors (Lipinski definition) is 1. The molecule has 0 saturated carbocycles. The molecule has 196 valence electrons. The van der Waals surface area contributed by atoms with Gasteiger partial charge in [-0.2, -0.15) is 0 Å². The topological polar surface area (TPSA) is 64.6 Å². The van der Waals surface area contributed by atoms with Gasteiger partial charge in [0.15, 0.2) is 0 Å². The Labute approximate surface area is 213 Å². The number of unbranched alkanes of at least 4 members (excludes halogenated alkanes) is 2. The maximum absolute atomic E-state index is 12.3. The molecule has 1 amide bonds. The Morgan fingerprint density at radius 2 is 1.44 bits per heavy atom. The van der Waals surface area contributed by atoms with E-state index in [1.165, 1.54) is 52.5 Å². The zero-order chi connectivity index (χ0) is 26.2. The molecule has 1 atom stereocenters. The van der Waals surface area contributed by atoms with E-state index in [1.54, 1.807) is 24.4 Å². The van der Waals surface area contributed by atoms with Crippen LogP contribution in [0.2, 0.25) is 13.3 Å². The van der Waals surface area contributed by atoms with Crippen molar-refractivity contribution in [2.24, 2.45) is 0 Å². The third-order valence-electron chi connectivity index (χ3n) is 5.93. The monoisotopic (exact) mass is 585 g/mol. The van der Waals surface area contributed by atoms with Crippen LogP contribution in [0.25, 0.3) is 0 Å². The van der Waals surface area contributed by atoms with Gasteiger partial charge in [-0.1, -0.05) is 13.8 Å². The summed E-state index contributed by atoms with van der Waals surface area (Å²) in [6.07, 6.45) is 6.19. The van der Waals surface area contributed by atoms with E-state index in [0.717, 1.165) is 5.56 Å². The Morgan fingerprint density at radius 3 is 1.85 bits per heavy atom. The summed E-state index contributed by atoms with van der Waals surface area (Å²) in [5.74, 6) is -0.467. The zero-order valence-corrected chi connectivity index (χ0v) is 26.2. The predicted octanol–water partition coefficient (Wildman–Crippen LogP) is 6.99. The average Bonchev–Trinajstić information content (AvgIpc) is 2.80. The SMILES string of the molecule is CC.CCC[CH2][Sn]([CH2]CC)([CH2]CCC)[c]1ccc(CC(NC(=O)OC(C)(C)C)C(=O)OC)cc1. The molecule has 34 heavy (non-hydrogen) atoms. The van der Waals surface area contributed by atoms with Gasteiger partial charge in [0.2, 0.25) is 0 Å². The molecule has 5 nitrogen and oxygen atoms in total.